The van der Waals surface area contributed by atoms with E-state index in [0.717, 1.165) is 10.4 Å². The van der Waals surface area contributed by atoms with E-state index in [1.807, 2.05) is 36.6 Å². The molecule has 1 atom stereocenters. The predicted octanol–water partition coefficient (Wildman–Crippen LogP) is 3.60. The fourth-order valence-electron chi connectivity index (χ4n) is 1.90. The number of hydrogen-bond acceptors (Lipinski definition) is 3. The molecule has 2 N–H and O–H groups in total. The van der Waals surface area contributed by atoms with Gasteiger partial charge in [-0.15, -0.1) is 11.3 Å². The number of nitrogen functional groups attached to an aromatic ring is 1. The Morgan fingerprint density at radius 1 is 1.33 bits per heavy atom. The van der Waals surface area contributed by atoms with Gasteiger partial charge >= 0.3 is 0 Å². The number of carbonyl (C=O) groups excluding carboxylic acids is 1. The van der Waals surface area contributed by atoms with Crippen molar-refractivity contribution in [2.75, 3.05) is 5.73 Å². The number of nitrogens with two attached hydrogens (primary N) is 1. The summed E-state index contributed by atoms with van der Waals surface area (Å²) in [7, 11) is 0. The van der Waals surface area contributed by atoms with Crippen LogP contribution in [0.5, 0.6) is 0 Å². The van der Waals surface area contributed by atoms with Crippen LogP contribution in [-0.4, -0.2) is 5.24 Å². The molecule has 18 heavy (non-hydrogen) atoms. The second kappa shape index (κ2) is 5.12. The van der Waals surface area contributed by atoms with Gasteiger partial charge in [-0.2, -0.15) is 0 Å². The highest BCUT2D eigenvalue weighted by molar-refractivity contribution is 7.09. The molecular formula is C14H14ClNOS. The Bertz CT molecular complexity index is 535. The van der Waals surface area contributed by atoms with Crippen molar-refractivity contribution in [3.8, 4) is 0 Å². The monoisotopic (exact) mass is 279 g/mol. The van der Waals surface area contributed by atoms with Crippen molar-refractivity contribution in [2.45, 2.75) is 18.8 Å². The third-order valence-electron chi connectivity index (χ3n) is 3.09. The summed E-state index contributed by atoms with van der Waals surface area (Å²) in [5.74, 6) is 0. The first-order valence-electron chi connectivity index (χ1n) is 5.61. The molecule has 0 saturated heterocycles. The minimum atomic E-state index is -0.708. The summed E-state index contributed by atoms with van der Waals surface area (Å²) in [5.41, 5.74) is 6.53. The zero-order valence-corrected chi connectivity index (χ0v) is 11.6. The summed E-state index contributed by atoms with van der Waals surface area (Å²) < 4.78 is 0. The molecule has 94 valence electrons. The van der Waals surface area contributed by atoms with Gasteiger partial charge in [0, 0.05) is 10.6 Å². The average Bonchev–Trinajstić information content (AvgIpc) is 2.82. The summed E-state index contributed by atoms with van der Waals surface area (Å²) in [6.07, 6.45) is 0.608. The second-order valence-electron chi connectivity index (χ2n) is 4.48. The van der Waals surface area contributed by atoms with E-state index in [4.69, 9.17) is 17.3 Å². The number of hydrogen-bond donors (Lipinski definition) is 1. The highest BCUT2D eigenvalue weighted by Crippen LogP contribution is 2.32. The molecule has 2 nitrogen and oxygen atoms in total. The standard InChI is InChI=1S/C14H14ClNOS/c1-14(13(15)17,9-12-3-2-8-18-12)10-4-6-11(16)7-5-10/h2-8H,9,16H2,1H3. The molecule has 0 saturated carbocycles. The Kier molecular flexibility index (Phi) is 3.73. The molecule has 1 heterocycles. The minimum absolute atomic E-state index is 0.347. The Hall–Kier alpha value is -1.32. The number of rotatable bonds is 4. The first-order valence-corrected chi connectivity index (χ1v) is 6.86. The van der Waals surface area contributed by atoms with E-state index in [-0.39, 0.29) is 5.24 Å². The zero-order valence-electron chi connectivity index (χ0n) is 10.0. The molecule has 0 fully saturated rings. The number of carbonyl (C=O) groups is 1. The Morgan fingerprint density at radius 2 is 2.00 bits per heavy atom. The van der Waals surface area contributed by atoms with Gasteiger partial charge in [0.2, 0.25) is 5.24 Å². The van der Waals surface area contributed by atoms with Gasteiger partial charge < -0.3 is 5.73 Å². The molecule has 0 aliphatic carbocycles. The lowest BCUT2D eigenvalue weighted by molar-refractivity contribution is -0.116. The van der Waals surface area contributed by atoms with E-state index < -0.39 is 5.41 Å². The van der Waals surface area contributed by atoms with Crippen LogP contribution in [0.15, 0.2) is 41.8 Å². The van der Waals surface area contributed by atoms with E-state index in [2.05, 4.69) is 0 Å². The van der Waals surface area contributed by atoms with Gasteiger partial charge in [-0.25, -0.2) is 0 Å². The highest BCUT2D eigenvalue weighted by atomic mass is 35.5. The van der Waals surface area contributed by atoms with E-state index in [0.29, 0.717) is 12.1 Å². The van der Waals surface area contributed by atoms with Crippen molar-refractivity contribution in [3.05, 3.63) is 52.2 Å². The van der Waals surface area contributed by atoms with Crippen LogP contribution in [0.1, 0.15) is 17.4 Å². The summed E-state index contributed by atoms with van der Waals surface area (Å²) in [5, 5.41) is 1.65. The highest BCUT2D eigenvalue weighted by Gasteiger charge is 2.34. The van der Waals surface area contributed by atoms with E-state index >= 15 is 0 Å². The largest absolute Gasteiger partial charge is 0.399 e. The molecule has 0 amide bonds. The quantitative estimate of drug-likeness (QED) is 0.686. The fourth-order valence-corrected chi connectivity index (χ4v) is 2.93. The molecule has 0 aliphatic heterocycles. The van der Waals surface area contributed by atoms with Crippen molar-refractivity contribution >= 4 is 33.9 Å². The van der Waals surface area contributed by atoms with Gasteiger partial charge in [-0.3, -0.25) is 4.79 Å². The smallest absolute Gasteiger partial charge is 0.232 e. The zero-order chi connectivity index (χ0) is 13.2. The lowest BCUT2D eigenvalue weighted by Crippen LogP contribution is -2.31. The Morgan fingerprint density at radius 3 is 2.50 bits per heavy atom. The van der Waals surface area contributed by atoms with Crippen molar-refractivity contribution < 1.29 is 4.79 Å². The van der Waals surface area contributed by atoms with Gasteiger partial charge in [-0.1, -0.05) is 18.2 Å². The maximum absolute atomic E-state index is 11.8. The summed E-state index contributed by atoms with van der Waals surface area (Å²) in [6, 6.07) is 11.3. The topological polar surface area (TPSA) is 43.1 Å². The van der Waals surface area contributed by atoms with Gasteiger partial charge in [-0.05, 0) is 54.1 Å². The predicted molar refractivity (Wildman–Crippen MR) is 77.1 cm³/mol. The third kappa shape index (κ3) is 2.57. The molecule has 0 bridgehead atoms. The van der Waals surface area contributed by atoms with Crippen LogP contribution in [0.3, 0.4) is 0 Å². The maximum Gasteiger partial charge on any atom is 0.232 e. The van der Waals surface area contributed by atoms with Crippen molar-refractivity contribution in [2.24, 2.45) is 0 Å². The average molecular weight is 280 g/mol. The van der Waals surface area contributed by atoms with Crippen molar-refractivity contribution in [3.63, 3.8) is 0 Å². The van der Waals surface area contributed by atoms with Crippen molar-refractivity contribution in [1.82, 2.24) is 0 Å². The van der Waals surface area contributed by atoms with Crippen LogP contribution >= 0.6 is 22.9 Å². The minimum Gasteiger partial charge on any atom is -0.399 e. The summed E-state index contributed by atoms with van der Waals surface area (Å²) in [6.45, 7) is 1.87. The number of anilines is 1. The fraction of sp³-hybridized carbons (Fsp3) is 0.214. The number of halogens is 1. The van der Waals surface area contributed by atoms with Gasteiger partial charge in [0.15, 0.2) is 0 Å². The van der Waals surface area contributed by atoms with Crippen LogP contribution in [0.2, 0.25) is 0 Å². The lowest BCUT2D eigenvalue weighted by Gasteiger charge is -2.25. The maximum atomic E-state index is 11.8. The van der Waals surface area contributed by atoms with Crippen LogP contribution < -0.4 is 5.73 Å². The molecule has 0 aliphatic rings. The number of benzene rings is 1. The molecule has 0 spiro atoms. The molecule has 1 aromatic heterocycles. The Labute approximate surface area is 115 Å². The van der Waals surface area contributed by atoms with Crippen LogP contribution in [0, 0.1) is 0 Å². The first kappa shape index (κ1) is 13.1. The van der Waals surface area contributed by atoms with E-state index in [1.165, 1.54) is 0 Å². The first-order chi connectivity index (χ1) is 8.52. The molecule has 0 radical (unpaired) electrons. The molecule has 1 aromatic carbocycles. The Balaban J connectivity index is 2.37. The van der Waals surface area contributed by atoms with Gasteiger partial charge in [0.05, 0.1) is 5.41 Å². The third-order valence-corrected chi connectivity index (χ3v) is 4.38. The van der Waals surface area contributed by atoms with E-state index in [1.54, 1.807) is 23.5 Å². The van der Waals surface area contributed by atoms with Gasteiger partial charge in [0.1, 0.15) is 0 Å². The summed E-state index contributed by atoms with van der Waals surface area (Å²) >= 11 is 7.44. The second-order valence-corrected chi connectivity index (χ2v) is 5.86. The number of thiophene rings is 1. The lowest BCUT2D eigenvalue weighted by atomic mass is 9.80. The molecule has 2 rings (SSSR count). The van der Waals surface area contributed by atoms with Crippen LogP contribution in [0.25, 0.3) is 0 Å². The molecule has 1 unspecified atom stereocenters. The van der Waals surface area contributed by atoms with Crippen LogP contribution in [0.4, 0.5) is 5.69 Å². The molecule has 2 aromatic rings. The van der Waals surface area contributed by atoms with E-state index in [9.17, 15) is 4.79 Å². The molecule has 4 heteroatoms. The molecular weight excluding hydrogens is 266 g/mol. The van der Waals surface area contributed by atoms with Crippen molar-refractivity contribution in [1.29, 1.82) is 0 Å². The summed E-state index contributed by atoms with van der Waals surface area (Å²) in [4.78, 5) is 13.0. The van der Waals surface area contributed by atoms with Gasteiger partial charge in [0.25, 0.3) is 0 Å². The normalized spacial score (nSPS) is 14.1. The van der Waals surface area contributed by atoms with Crippen LogP contribution in [-0.2, 0) is 16.6 Å². The SMILES string of the molecule is CC(Cc1cccs1)(C(=O)Cl)c1ccc(N)cc1.